The number of benzene rings is 1. The minimum Gasteiger partial charge on any atom is -0.504 e. The lowest BCUT2D eigenvalue weighted by Crippen LogP contribution is -2.03. The van der Waals surface area contributed by atoms with Crippen molar-refractivity contribution in [3.8, 4) is 11.8 Å². The van der Waals surface area contributed by atoms with E-state index in [0.717, 1.165) is 19.2 Å². The second kappa shape index (κ2) is 3.75. The van der Waals surface area contributed by atoms with Crippen LogP contribution in [0, 0.1) is 17.1 Å². The van der Waals surface area contributed by atoms with Gasteiger partial charge in [-0.3, -0.25) is 0 Å². The highest BCUT2D eigenvalue weighted by Gasteiger charge is 2.17. The molecule has 14 heavy (non-hydrogen) atoms. The summed E-state index contributed by atoms with van der Waals surface area (Å²) in [6.45, 7) is 0. The average molecular weight is 195 g/mol. The predicted octanol–water partition coefficient (Wildman–Crippen LogP) is 1.19. The number of aromatic hydroxyl groups is 1. The molecule has 1 rings (SSSR count). The molecular weight excluding hydrogens is 189 g/mol. The number of phenolic OH excluding ortho intramolecular Hbond substituents is 1. The lowest BCUT2D eigenvalue weighted by atomic mass is 10.1. The first-order valence-electron chi connectivity index (χ1n) is 3.61. The number of hydrogen-bond donors (Lipinski definition) is 1. The lowest BCUT2D eigenvalue weighted by molar-refractivity contribution is 0.0596. The molecule has 0 aliphatic rings. The van der Waals surface area contributed by atoms with Crippen molar-refractivity contribution in [2.75, 3.05) is 7.11 Å². The van der Waals surface area contributed by atoms with Crippen molar-refractivity contribution in [2.24, 2.45) is 0 Å². The molecule has 0 atom stereocenters. The maximum absolute atomic E-state index is 13.1. The van der Waals surface area contributed by atoms with Gasteiger partial charge < -0.3 is 9.84 Å². The molecule has 5 heteroatoms. The van der Waals surface area contributed by atoms with Gasteiger partial charge in [0, 0.05) is 0 Å². The number of halogens is 1. The van der Waals surface area contributed by atoms with Gasteiger partial charge in [0.2, 0.25) is 0 Å². The summed E-state index contributed by atoms with van der Waals surface area (Å²) in [4.78, 5) is 11.0. The van der Waals surface area contributed by atoms with E-state index in [4.69, 9.17) is 5.26 Å². The van der Waals surface area contributed by atoms with Crippen LogP contribution < -0.4 is 0 Å². The Morgan fingerprint density at radius 3 is 2.79 bits per heavy atom. The fourth-order valence-corrected chi connectivity index (χ4v) is 0.926. The Labute approximate surface area is 79.2 Å². The fraction of sp³-hybridized carbons (Fsp3) is 0.111. The summed E-state index contributed by atoms with van der Waals surface area (Å²) in [5.74, 6) is -2.84. The fourth-order valence-electron chi connectivity index (χ4n) is 0.926. The highest BCUT2D eigenvalue weighted by molar-refractivity contribution is 5.92. The summed E-state index contributed by atoms with van der Waals surface area (Å²) >= 11 is 0. The van der Waals surface area contributed by atoms with Crippen molar-refractivity contribution < 1.29 is 19.0 Å². The third-order valence-corrected chi connectivity index (χ3v) is 1.64. The van der Waals surface area contributed by atoms with Crippen molar-refractivity contribution >= 4 is 5.97 Å². The van der Waals surface area contributed by atoms with E-state index in [2.05, 4.69) is 4.74 Å². The molecular formula is C9H6FNO3. The maximum atomic E-state index is 13.1. The van der Waals surface area contributed by atoms with Gasteiger partial charge in [0.25, 0.3) is 0 Å². The van der Waals surface area contributed by atoms with Crippen LogP contribution in [0.4, 0.5) is 4.39 Å². The molecule has 1 aromatic carbocycles. The Hall–Kier alpha value is -2.09. The minimum atomic E-state index is -1.12. The van der Waals surface area contributed by atoms with Gasteiger partial charge in [-0.25, -0.2) is 9.18 Å². The quantitative estimate of drug-likeness (QED) is 0.683. The standard InChI is InChI=1S/C9H6FNO3/c1-14-9(13)6-3-2-5(4-11)7(10)8(6)12/h2-3,12H,1H3. The molecule has 0 unspecified atom stereocenters. The van der Waals surface area contributed by atoms with E-state index in [1.165, 1.54) is 6.07 Å². The zero-order valence-corrected chi connectivity index (χ0v) is 7.24. The Morgan fingerprint density at radius 1 is 1.64 bits per heavy atom. The number of carbonyl (C=O) groups excluding carboxylic acids is 1. The largest absolute Gasteiger partial charge is 0.504 e. The van der Waals surface area contributed by atoms with E-state index in [9.17, 15) is 14.3 Å². The number of rotatable bonds is 1. The first-order chi connectivity index (χ1) is 6.61. The van der Waals surface area contributed by atoms with Gasteiger partial charge in [0.05, 0.1) is 12.7 Å². The SMILES string of the molecule is COC(=O)c1ccc(C#N)c(F)c1O. The molecule has 0 heterocycles. The molecule has 0 saturated carbocycles. The van der Waals surface area contributed by atoms with Crippen molar-refractivity contribution in [3.63, 3.8) is 0 Å². The first kappa shape index (κ1) is 9.99. The number of phenols is 1. The smallest absolute Gasteiger partial charge is 0.341 e. The molecule has 4 nitrogen and oxygen atoms in total. The zero-order valence-electron chi connectivity index (χ0n) is 7.24. The molecule has 1 aromatic rings. The highest BCUT2D eigenvalue weighted by atomic mass is 19.1. The molecule has 1 N–H and O–H groups in total. The lowest BCUT2D eigenvalue weighted by Gasteiger charge is -2.03. The van der Waals surface area contributed by atoms with E-state index in [1.54, 1.807) is 0 Å². The second-order valence-corrected chi connectivity index (χ2v) is 2.43. The van der Waals surface area contributed by atoms with Gasteiger partial charge in [-0.15, -0.1) is 0 Å². The number of carbonyl (C=O) groups is 1. The van der Waals surface area contributed by atoms with Gasteiger partial charge in [-0.2, -0.15) is 5.26 Å². The van der Waals surface area contributed by atoms with Crippen LogP contribution in [0.1, 0.15) is 15.9 Å². The number of ether oxygens (including phenoxy) is 1. The molecule has 0 aliphatic carbocycles. The maximum Gasteiger partial charge on any atom is 0.341 e. The molecule has 0 aliphatic heterocycles. The van der Waals surface area contributed by atoms with Crippen LogP contribution in [0.3, 0.4) is 0 Å². The number of methoxy groups -OCH3 is 1. The van der Waals surface area contributed by atoms with Crippen LogP contribution in [-0.2, 0) is 4.74 Å². The number of esters is 1. The van der Waals surface area contributed by atoms with Crippen LogP contribution in [-0.4, -0.2) is 18.2 Å². The highest BCUT2D eigenvalue weighted by Crippen LogP contribution is 2.24. The van der Waals surface area contributed by atoms with Gasteiger partial charge in [-0.1, -0.05) is 0 Å². The van der Waals surface area contributed by atoms with Crippen molar-refractivity contribution in [2.45, 2.75) is 0 Å². The van der Waals surface area contributed by atoms with Gasteiger partial charge in [0.1, 0.15) is 11.6 Å². The van der Waals surface area contributed by atoms with Crippen LogP contribution in [0.25, 0.3) is 0 Å². The van der Waals surface area contributed by atoms with E-state index >= 15 is 0 Å². The summed E-state index contributed by atoms with van der Waals surface area (Å²) in [6.07, 6.45) is 0. The molecule has 0 fully saturated rings. The summed E-state index contributed by atoms with van der Waals surface area (Å²) in [6, 6.07) is 3.76. The van der Waals surface area contributed by atoms with E-state index in [-0.39, 0.29) is 11.1 Å². The molecule has 0 amide bonds. The zero-order chi connectivity index (χ0) is 10.7. The molecule has 72 valence electrons. The third kappa shape index (κ3) is 1.50. The Kier molecular flexibility index (Phi) is 2.67. The van der Waals surface area contributed by atoms with E-state index < -0.39 is 17.5 Å². The van der Waals surface area contributed by atoms with Gasteiger partial charge in [-0.05, 0) is 12.1 Å². The van der Waals surface area contributed by atoms with Crippen LogP contribution in [0.15, 0.2) is 12.1 Å². The molecule has 0 bridgehead atoms. The number of nitriles is 1. The first-order valence-corrected chi connectivity index (χ1v) is 3.61. The van der Waals surface area contributed by atoms with Crippen molar-refractivity contribution in [1.82, 2.24) is 0 Å². The van der Waals surface area contributed by atoms with Crippen LogP contribution in [0.2, 0.25) is 0 Å². The van der Waals surface area contributed by atoms with E-state index in [1.807, 2.05) is 0 Å². The third-order valence-electron chi connectivity index (χ3n) is 1.64. The summed E-state index contributed by atoms with van der Waals surface area (Å²) in [5.41, 5.74) is -0.626. The Morgan fingerprint density at radius 2 is 2.29 bits per heavy atom. The van der Waals surface area contributed by atoms with Crippen molar-refractivity contribution in [3.05, 3.63) is 29.1 Å². The topological polar surface area (TPSA) is 70.3 Å². The molecule has 0 aromatic heterocycles. The number of hydrogen-bond acceptors (Lipinski definition) is 4. The Balaban J connectivity index is 3.33. The summed E-state index contributed by atoms with van der Waals surface area (Å²) in [7, 11) is 1.11. The molecule has 0 radical (unpaired) electrons. The number of nitrogens with zero attached hydrogens (tertiary/aromatic N) is 1. The molecule has 0 spiro atoms. The summed E-state index contributed by atoms with van der Waals surface area (Å²) < 4.78 is 17.4. The predicted molar refractivity (Wildman–Crippen MR) is 44.1 cm³/mol. The second-order valence-electron chi connectivity index (χ2n) is 2.43. The van der Waals surface area contributed by atoms with Crippen LogP contribution in [0.5, 0.6) is 5.75 Å². The summed E-state index contributed by atoms with van der Waals surface area (Å²) in [5, 5.41) is 17.6. The average Bonchev–Trinajstić information content (AvgIpc) is 2.21. The normalized spacial score (nSPS) is 9.21. The minimum absolute atomic E-state index is 0.302. The van der Waals surface area contributed by atoms with Crippen LogP contribution >= 0.6 is 0 Å². The van der Waals surface area contributed by atoms with Crippen molar-refractivity contribution in [1.29, 1.82) is 5.26 Å². The molecule has 0 saturated heterocycles. The van der Waals surface area contributed by atoms with Gasteiger partial charge in [0.15, 0.2) is 11.6 Å². The van der Waals surface area contributed by atoms with E-state index in [0.29, 0.717) is 0 Å². The monoisotopic (exact) mass is 195 g/mol. The van der Waals surface area contributed by atoms with Gasteiger partial charge >= 0.3 is 5.97 Å². The Bertz CT molecular complexity index is 423.